The number of hydrogen-bond donors (Lipinski definition) is 2. The van der Waals surface area contributed by atoms with Gasteiger partial charge in [-0.1, -0.05) is 78.5 Å². The van der Waals surface area contributed by atoms with E-state index in [9.17, 15) is 14.9 Å². The van der Waals surface area contributed by atoms with Gasteiger partial charge in [0.25, 0.3) is 11.8 Å². The second kappa shape index (κ2) is 11.7. The largest absolute Gasteiger partial charge is 0.352 e. The van der Waals surface area contributed by atoms with Crippen molar-refractivity contribution in [3.05, 3.63) is 125 Å². The fraction of sp³-hybridized carbons (Fsp3) is 0.0690. The van der Waals surface area contributed by atoms with Crippen molar-refractivity contribution >= 4 is 29.3 Å². The van der Waals surface area contributed by atoms with Gasteiger partial charge in [0.1, 0.15) is 6.07 Å². The number of anilines is 1. The monoisotopic (exact) mass is 477 g/mol. The highest BCUT2D eigenvalue weighted by Gasteiger charge is 2.17. The summed E-state index contributed by atoms with van der Waals surface area (Å²) >= 11 is 1.36. The Hall–Kier alpha value is -4.34. The fourth-order valence-electron chi connectivity index (χ4n) is 3.55. The highest BCUT2D eigenvalue weighted by molar-refractivity contribution is 7.99. The van der Waals surface area contributed by atoms with Crippen LogP contribution in [-0.4, -0.2) is 18.4 Å². The predicted molar refractivity (Wildman–Crippen MR) is 139 cm³/mol. The first-order valence-corrected chi connectivity index (χ1v) is 12.0. The third-order valence-corrected chi connectivity index (χ3v) is 6.47. The van der Waals surface area contributed by atoms with Crippen LogP contribution in [0, 0.1) is 11.3 Å². The van der Waals surface area contributed by atoms with Crippen LogP contribution >= 0.6 is 11.8 Å². The summed E-state index contributed by atoms with van der Waals surface area (Å²) in [6.45, 7) is 0.489. The SMILES string of the molecule is N#Cc1ccccc1Sc1ccccc1C(=O)Nc1ccccc1C(=O)NCCc1ccccc1. The summed E-state index contributed by atoms with van der Waals surface area (Å²) in [6, 6.07) is 33.6. The molecule has 0 aliphatic carbocycles. The highest BCUT2D eigenvalue weighted by Crippen LogP contribution is 2.33. The minimum Gasteiger partial charge on any atom is -0.352 e. The summed E-state index contributed by atoms with van der Waals surface area (Å²) in [5.41, 5.74) is 2.98. The van der Waals surface area contributed by atoms with Gasteiger partial charge in [0.2, 0.25) is 0 Å². The standard InChI is InChI=1S/C29H23N3O2S/c30-20-22-12-4-8-16-26(22)35-27-17-9-6-14-24(27)29(34)32-25-15-7-5-13-23(25)28(33)31-19-18-21-10-2-1-3-11-21/h1-17H,18-19H2,(H,31,33)(H,32,34). The lowest BCUT2D eigenvalue weighted by Crippen LogP contribution is -2.27. The molecule has 0 aliphatic rings. The Bertz CT molecular complexity index is 1380. The topological polar surface area (TPSA) is 82.0 Å². The van der Waals surface area contributed by atoms with Gasteiger partial charge in [-0.25, -0.2) is 0 Å². The van der Waals surface area contributed by atoms with E-state index in [0.717, 1.165) is 21.8 Å². The van der Waals surface area contributed by atoms with Crippen LogP contribution in [0.2, 0.25) is 0 Å². The maximum atomic E-state index is 13.2. The van der Waals surface area contributed by atoms with Gasteiger partial charge in [0.05, 0.1) is 22.4 Å². The Morgan fingerprint density at radius 3 is 2.11 bits per heavy atom. The van der Waals surface area contributed by atoms with E-state index in [4.69, 9.17) is 0 Å². The summed E-state index contributed by atoms with van der Waals surface area (Å²) in [5, 5.41) is 15.2. The Kier molecular flexibility index (Phi) is 7.95. The van der Waals surface area contributed by atoms with Gasteiger partial charge in [-0.3, -0.25) is 9.59 Å². The molecule has 0 radical (unpaired) electrons. The van der Waals surface area contributed by atoms with Crippen molar-refractivity contribution in [2.24, 2.45) is 0 Å². The molecule has 4 aromatic rings. The third kappa shape index (κ3) is 6.17. The molecule has 5 nitrogen and oxygen atoms in total. The van der Waals surface area contributed by atoms with Crippen LogP contribution in [0.3, 0.4) is 0 Å². The molecule has 172 valence electrons. The summed E-state index contributed by atoms with van der Waals surface area (Å²) in [6.07, 6.45) is 0.718. The van der Waals surface area contributed by atoms with Crippen molar-refractivity contribution in [3.63, 3.8) is 0 Å². The molecule has 0 heterocycles. The Morgan fingerprint density at radius 1 is 0.714 bits per heavy atom. The maximum Gasteiger partial charge on any atom is 0.256 e. The highest BCUT2D eigenvalue weighted by atomic mass is 32.2. The first kappa shape index (κ1) is 23.8. The van der Waals surface area contributed by atoms with Crippen molar-refractivity contribution in [1.29, 1.82) is 5.26 Å². The summed E-state index contributed by atoms with van der Waals surface area (Å²) < 4.78 is 0. The Labute approximate surface area is 208 Å². The van der Waals surface area contributed by atoms with Crippen LogP contribution in [-0.2, 0) is 6.42 Å². The number of nitrogens with zero attached hydrogens (tertiary/aromatic N) is 1. The number of para-hydroxylation sites is 1. The van der Waals surface area contributed by atoms with Crippen molar-refractivity contribution in [1.82, 2.24) is 5.32 Å². The van der Waals surface area contributed by atoms with Crippen molar-refractivity contribution in [2.75, 3.05) is 11.9 Å². The van der Waals surface area contributed by atoms with Crippen LogP contribution in [0.4, 0.5) is 5.69 Å². The molecule has 35 heavy (non-hydrogen) atoms. The molecule has 0 atom stereocenters. The van der Waals surface area contributed by atoms with Crippen molar-refractivity contribution < 1.29 is 9.59 Å². The number of hydrogen-bond acceptors (Lipinski definition) is 4. The van der Waals surface area contributed by atoms with Gasteiger partial charge in [-0.05, 0) is 48.4 Å². The first-order chi connectivity index (χ1) is 17.2. The number of carbonyl (C=O) groups excluding carboxylic acids is 2. The number of nitrogens with one attached hydrogen (secondary N) is 2. The summed E-state index contributed by atoms with van der Waals surface area (Å²) in [5.74, 6) is -0.575. The molecule has 0 aliphatic heterocycles. The van der Waals surface area contributed by atoms with Gasteiger partial charge < -0.3 is 10.6 Å². The molecule has 6 heteroatoms. The summed E-state index contributed by atoms with van der Waals surface area (Å²) in [7, 11) is 0. The minimum atomic E-state index is -0.327. The molecule has 4 rings (SSSR count). The van der Waals surface area contributed by atoms with E-state index in [-0.39, 0.29) is 11.8 Å². The molecule has 0 saturated carbocycles. The van der Waals surface area contributed by atoms with Crippen LogP contribution in [0.15, 0.2) is 113 Å². The maximum absolute atomic E-state index is 13.2. The molecule has 0 aromatic heterocycles. The number of benzene rings is 4. The molecule has 0 saturated heterocycles. The lowest BCUT2D eigenvalue weighted by molar-refractivity contribution is 0.0955. The van der Waals surface area contributed by atoms with Gasteiger partial charge in [-0.2, -0.15) is 5.26 Å². The van der Waals surface area contributed by atoms with Gasteiger partial charge in [-0.15, -0.1) is 0 Å². The van der Waals surface area contributed by atoms with E-state index >= 15 is 0 Å². The number of carbonyl (C=O) groups is 2. The Balaban J connectivity index is 1.48. The average Bonchev–Trinajstić information content (AvgIpc) is 2.90. The normalized spacial score (nSPS) is 10.3. The van der Waals surface area contributed by atoms with Crippen LogP contribution < -0.4 is 10.6 Å². The van der Waals surface area contributed by atoms with Crippen LogP contribution in [0.1, 0.15) is 31.8 Å². The summed E-state index contributed by atoms with van der Waals surface area (Å²) in [4.78, 5) is 27.6. The average molecular weight is 478 g/mol. The quantitative estimate of drug-likeness (QED) is 0.329. The van der Waals surface area contributed by atoms with Crippen molar-refractivity contribution in [3.8, 4) is 6.07 Å². The first-order valence-electron chi connectivity index (χ1n) is 11.1. The van der Waals surface area contributed by atoms with Crippen LogP contribution in [0.5, 0.6) is 0 Å². The fourth-order valence-corrected chi connectivity index (χ4v) is 4.57. The molecule has 2 N–H and O–H groups in total. The number of nitriles is 1. The third-order valence-electron chi connectivity index (χ3n) is 5.32. The van der Waals surface area contributed by atoms with Crippen molar-refractivity contribution in [2.45, 2.75) is 16.2 Å². The second-order valence-electron chi connectivity index (χ2n) is 7.70. The molecule has 0 unspecified atom stereocenters. The zero-order valence-electron chi connectivity index (χ0n) is 18.9. The minimum absolute atomic E-state index is 0.248. The molecule has 0 fully saturated rings. The van der Waals surface area contributed by atoms with E-state index in [1.165, 1.54) is 11.8 Å². The molecular formula is C29H23N3O2S. The molecule has 2 amide bonds. The zero-order valence-corrected chi connectivity index (χ0v) is 19.7. The Morgan fingerprint density at radius 2 is 1.34 bits per heavy atom. The van der Waals surface area contributed by atoms with Gasteiger partial charge >= 0.3 is 0 Å². The van der Waals surface area contributed by atoms with Gasteiger partial charge in [0, 0.05) is 16.3 Å². The second-order valence-corrected chi connectivity index (χ2v) is 8.78. The molecular weight excluding hydrogens is 454 g/mol. The smallest absolute Gasteiger partial charge is 0.256 e. The van der Waals surface area contributed by atoms with E-state index in [0.29, 0.717) is 28.9 Å². The molecule has 0 bridgehead atoms. The predicted octanol–water partition coefficient (Wildman–Crippen LogP) is 5.93. The number of amides is 2. The van der Waals surface area contributed by atoms with E-state index in [2.05, 4.69) is 16.7 Å². The van der Waals surface area contributed by atoms with E-state index in [1.54, 1.807) is 42.5 Å². The zero-order chi connectivity index (χ0) is 24.5. The lowest BCUT2D eigenvalue weighted by atomic mass is 10.1. The molecule has 4 aromatic carbocycles. The van der Waals surface area contributed by atoms with E-state index < -0.39 is 0 Å². The number of rotatable bonds is 8. The van der Waals surface area contributed by atoms with Crippen LogP contribution in [0.25, 0.3) is 0 Å². The molecule has 0 spiro atoms. The van der Waals surface area contributed by atoms with E-state index in [1.807, 2.05) is 60.7 Å². The lowest BCUT2D eigenvalue weighted by Gasteiger charge is -2.13. The van der Waals surface area contributed by atoms with Gasteiger partial charge in [0.15, 0.2) is 0 Å².